The van der Waals surface area contributed by atoms with Crippen LogP contribution >= 0.6 is 0 Å². The molecule has 80 valence electrons. The largest absolute Gasteiger partial charge is 0.389 e. The smallest absolute Gasteiger partial charge is 0.0739 e. The Balaban J connectivity index is 1.66. The maximum absolute atomic E-state index is 10.6. The van der Waals surface area contributed by atoms with Gasteiger partial charge in [0.25, 0.3) is 0 Å². The van der Waals surface area contributed by atoms with E-state index in [2.05, 4.69) is 6.92 Å². The molecule has 3 fully saturated rings. The van der Waals surface area contributed by atoms with Crippen LogP contribution in [0.3, 0.4) is 0 Å². The van der Waals surface area contributed by atoms with Gasteiger partial charge < -0.3 is 5.11 Å². The van der Waals surface area contributed by atoms with Gasteiger partial charge in [-0.05, 0) is 49.4 Å². The van der Waals surface area contributed by atoms with Gasteiger partial charge in [-0.1, -0.05) is 26.2 Å². The Morgan fingerprint density at radius 1 is 0.929 bits per heavy atom. The van der Waals surface area contributed by atoms with Gasteiger partial charge in [0.05, 0.1) is 5.60 Å². The lowest BCUT2D eigenvalue weighted by Gasteiger charge is -2.32. The van der Waals surface area contributed by atoms with E-state index in [0.717, 1.165) is 5.92 Å². The molecular formula is C13H22O. The fourth-order valence-corrected chi connectivity index (χ4v) is 4.30. The van der Waals surface area contributed by atoms with E-state index < -0.39 is 0 Å². The second kappa shape index (κ2) is 2.98. The van der Waals surface area contributed by atoms with Crippen molar-refractivity contribution in [2.45, 2.75) is 57.5 Å². The topological polar surface area (TPSA) is 20.2 Å². The number of aliphatic hydroxyl groups is 1. The van der Waals surface area contributed by atoms with Gasteiger partial charge in [0, 0.05) is 0 Å². The normalized spacial score (nSPS) is 57.0. The summed E-state index contributed by atoms with van der Waals surface area (Å²) in [5.41, 5.74) is -0.182. The van der Waals surface area contributed by atoms with Crippen molar-refractivity contribution in [2.75, 3.05) is 0 Å². The zero-order valence-corrected chi connectivity index (χ0v) is 9.21. The highest BCUT2D eigenvalue weighted by Crippen LogP contribution is 2.65. The first-order valence-corrected chi connectivity index (χ1v) is 6.45. The van der Waals surface area contributed by atoms with Gasteiger partial charge in [-0.25, -0.2) is 0 Å². The van der Waals surface area contributed by atoms with Gasteiger partial charge in [0.15, 0.2) is 0 Å². The third-order valence-corrected chi connectivity index (χ3v) is 5.26. The molecule has 0 heterocycles. The molecule has 0 aromatic rings. The summed E-state index contributed by atoms with van der Waals surface area (Å²) in [5, 5.41) is 10.6. The average molecular weight is 194 g/mol. The minimum Gasteiger partial charge on any atom is -0.389 e. The Kier molecular flexibility index (Phi) is 1.96. The Hall–Kier alpha value is -0.0400. The van der Waals surface area contributed by atoms with Crippen molar-refractivity contribution >= 4 is 0 Å². The van der Waals surface area contributed by atoms with Crippen molar-refractivity contribution in [3.8, 4) is 0 Å². The fourth-order valence-electron chi connectivity index (χ4n) is 4.30. The first-order valence-electron chi connectivity index (χ1n) is 6.45. The van der Waals surface area contributed by atoms with Crippen molar-refractivity contribution < 1.29 is 5.11 Å². The van der Waals surface area contributed by atoms with Crippen LogP contribution in [0.4, 0.5) is 0 Å². The van der Waals surface area contributed by atoms with Crippen LogP contribution in [0.15, 0.2) is 0 Å². The van der Waals surface area contributed by atoms with E-state index in [1.807, 2.05) is 0 Å². The first kappa shape index (κ1) is 9.21. The van der Waals surface area contributed by atoms with Crippen LogP contribution in [0.1, 0.15) is 51.9 Å². The molecule has 0 amide bonds. The zero-order valence-electron chi connectivity index (χ0n) is 9.21. The van der Waals surface area contributed by atoms with Gasteiger partial charge >= 0.3 is 0 Å². The summed E-state index contributed by atoms with van der Waals surface area (Å²) in [5.74, 6) is 2.99. The summed E-state index contributed by atoms with van der Waals surface area (Å²) < 4.78 is 0. The maximum atomic E-state index is 10.6. The summed E-state index contributed by atoms with van der Waals surface area (Å²) in [6.45, 7) is 2.36. The minimum absolute atomic E-state index is 0.182. The van der Waals surface area contributed by atoms with Gasteiger partial charge in [-0.2, -0.15) is 0 Å². The lowest BCUT2D eigenvalue weighted by molar-refractivity contribution is 0.0194. The lowest BCUT2D eigenvalue weighted by Crippen LogP contribution is -2.31. The molecule has 0 aromatic carbocycles. The third-order valence-electron chi connectivity index (χ3n) is 5.26. The molecule has 0 aliphatic heterocycles. The predicted molar refractivity (Wildman–Crippen MR) is 56.9 cm³/mol. The Labute approximate surface area is 86.9 Å². The van der Waals surface area contributed by atoms with E-state index >= 15 is 0 Å². The van der Waals surface area contributed by atoms with Gasteiger partial charge in [-0.15, -0.1) is 0 Å². The van der Waals surface area contributed by atoms with Crippen LogP contribution in [0.25, 0.3) is 0 Å². The molecule has 3 saturated carbocycles. The molecule has 1 N–H and O–H groups in total. The molecule has 0 bridgehead atoms. The van der Waals surface area contributed by atoms with Crippen molar-refractivity contribution in [1.29, 1.82) is 0 Å². The molecule has 1 nitrogen and oxygen atoms in total. The van der Waals surface area contributed by atoms with E-state index in [4.69, 9.17) is 0 Å². The van der Waals surface area contributed by atoms with Crippen LogP contribution < -0.4 is 0 Å². The summed E-state index contributed by atoms with van der Waals surface area (Å²) in [6.07, 6.45) is 9.30. The number of hydrogen-bond donors (Lipinski definition) is 1. The van der Waals surface area contributed by atoms with Crippen molar-refractivity contribution in [2.24, 2.45) is 23.7 Å². The highest BCUT2D eigenvalue weighted by molar-refractivity contribution is 5.17. The summed E-state index contributed by atoms with van der Waals surface area (Å²) in [4.78, 5) is 0. The second-order valence-electron chi connectivity index (χ2n) is 5.99. The molecule has 2 atom stereocenters. The molecule has 3 aliphatic rings. The summed E-state index contributed by atoms with van der Waals surface area (Å²) in [7, 11) is 0. The van der Waals surface area contributed by atoms with Crippen LogP contribution in [-0.2, 0) is 0 Å². The standard InChI is InChI=1S/C13H22O/c1-9-5-7-10(8-6-9)13(14)11-3-2-4-12(11)13/h9-12,14H,2-8H2,1H3. The van der Waals surface area contributed by atoms with Crippen LogP contribution in [0, 0.1) is 23.7 Å². The van der Waals surface area contributed by atoms with Crippen molar-refractivity contribution in [3.63, 3.8) is 0 Å². The number of rotatable bonds is 1. The predicted octanol–water partition coefficient (Wildman–Crippen LogP) is 2.97. The van der Waals surface area contributed by atoms with Crippen LogP contribution in [-0.4, -0.2) is 10.7 Å². The van der Waals surface area contributed by atoms with E-state index in [1.54, 1.807) is 0 Å². The zero-order chi connectivity index (χ0) is 9.76. The van der Waals surface area contributed by atoms with Crippen LogP contribution in [0.5, 0.6) is 0 Å². The van der Waals surface area contributed by atoms with Crippen molar-refractivity contribution in [1.82, 2.24) is 0 Å². The molecule has 3 aliphatic carbocycles. The number of hydrogen-bond acceptors (Lipinski definition) is 1. The molecule has 0 radical (unpaired) electrons. The molecule has 1 heteroatoms. The molecule has 0 aromatic heterocycles. The van der Waals surface area contributed by atoms with Gasteiger partial charge in [0.2, 0.25) is 0 Å². The Morgan fingerprint density at radius 3 is 2.07 bits per heavy atom. The molecule has 0 saturated heterocycles. The quantitative estimate of drug-likeness (QED) is 0.680. The lowest BCUT2D eigenvalue weighted by atomic mass is 9.77. The molecule has 2 unspecified atom stereocenters. The first-order chi connectivity index (χ1) is 6.73. The van der Waals surface area contributed by atoms with E-state index in [0.29, 0.717) is 17.8 Å². The fraction of sp³-hybridized carbons (Fsp3) is 1.00. The van der Waals surface area contributed by atoms with E-state index in [9.17, 15) is 5.11 Å². The Bertz CT molecular complexity index is 217. The monoisotopic (exact) mass is 194 g/mol. The summed E-state index contributed by atoms with van der Waals surface area (Å²) >= 11 is 0. The molecule has 3 rings (SSSR count). The van der Waals surface area contributed by atoms with Crippen LogP contribution in [0.2, 0.25) is 0 Å². The maximum Gasteiger partial charge on any atom is 0.0739 e. The second-order valence-corrected chi connectivity index (χ2v) is 5.99. The van der Waals surface area contributed by atoms with E-state index in [-0.39, 0.29) is 5.60 Å². The SMILES string of the molecule is CC1CCC(C2(O)C3CCCC32)CC1. The summed E-state index contributed by atoms with van der Waals surface area (Å²) in [6, 6.07) is 0. The molecule has 14 heavy (non-hydrogen) atoms. The average Bonchev–Trinajstić information content (AvgIpc) is 2.63. The highest BCUT2D eigenvalue weighted by atomic mass is 16.3. The number of fused-ring (bicyclic) bond motifs is 1. The minimum atomic E-state index is -0.182. The Morgan fingerprint density at radius 2 is 1.50 bits per heavy atom. The highest BCUT2D eigenvalue weighted by Gasteiger charge is 2.68. The van der Waals surface area contributed by atoms with Crippen molar-refractivity contribution in [3.05, 3.63) is 0 Å². The van der Waals surface area contributed by atoms with Gasteiger partial charge in [0.1, 0.15) is 0 Å². The molecule has 0 spiro atoms. The van der Waals surface area contributed by atoms with Gasteiger partial charge in [-0.3, -0.25) is 0 Å². The van der Waals surface area contributed by atoms with E-state index in [1.165, 1.54) is 44.9 Å². The molecular weight excluding hydrogens is 172 g/mol. The third kappa shape index (κ3) is 1.11.